The zero-order chi connectivity index (χ0) is 19.4. The standard InChI is InChI=1S/C19H22FN3O3S/c1-15-2-6-17(7-3-15)21-19(24)14-22-10-12-23(13-11-22)27(25,26)18-8-4-16(20)5-9-18/h2-9H,10-14H2,1H3,(H,21,24)/p+1. The van der Waals surface area contributed by atoms with Gasteiger partial charge in [-0.1, -0.05) is 17.7 Å². The lowest BCUT2D eigenvalue weighted by Gasteiger charge is -2.31. The zero-order valence-corrected chi connectivity index (χ0v) is 15.9. The summed E-state index contributed by atoms with van der Waals surface area (Å²) in [6, 6.07) is 12.4. The number of halogens is 1. The lowest BCUT2D eigenvalue weighted by Crippen LogP contribution is -3.15. The number of benzene rings is 2. The van der Waals surface area contributed by atoms with E-state index < -0.39 is 15.8 Å². The van der Waals surface area contributed by atoms with E-state index in [-0.39, 0.29) is 17.3 Å². The first-order valence-electron chi connectivity index (χ1n) is 8.80. The van der Waals surface area contributed by atoms with Crippen LogP contribution in [0.4, 0.5) is 10.1 Å². The Morgan fingerprint density at radius 2 is 1.67 bits per heavy atom. The highest BCUT2D eigenvalue weighted by Crippen LogP contribution is 2.16. The zero-order valence-electron chi connectivity index (χ0n) is 15.1. The molecule has 1 fully saturated rings. The van der Waals surface area contributed by atoms with Crippen molar-refractivity contribution in [3.8, 4) is 0 Å². The lowest BCUT2D eigenvalue weighted by molar-refractivity contribution is -0.895. The van der Waals surface area contributed by atoms with E-state index in [1.807, 2.05) is 31.2 Å². The van der Waals surface area contributed by atoms with Gasteiger partial charge in [-0.15, -0.1) is 0 Å². The highest BCUT2D eigenvalue weighted by atomic mass is 32.2. The third-order valence-electron chi connectivity index (χ3n) is 4.63. The Kier molecular flexibility index (Phi) is 5.88. The number of anilines is 1. The van der Waals surface area contributed by atoms with Crippen molar-refractivity contribution in [3.05, 3.63) is 59.9 Å². The lowest BCUT2D eigenvalue weighted by atomic mass is 10.2. The van der Waals surface area contributed by atoms with E-state index in [2.05, 4.69) is 5.32 Å². The number of rotatable bonds is 5. The van der Waals surface area contributed by atoms with Gasteiger partial charge in [-0.25, -0.2) is 12.8 Å². The monoisotopic (exact) mass is 392 g/mol. The highest BCUT2D eigenvalue weighted by Gasteiger charge is 2.31. The second kappa shape index (κ2) is 8.16. The molecule has 0 aliphatic carbocycles. The number of hydrogen-bond donors (Lipinski definition) is 2. The summed E-state index contributed by atoms with van der Waals surface area (Å²) in [6.45, 7) is 4.01. The number of nitrogens with zero attached hydrogens (tertiary/aromatic N) is 1. The molecule has 0 saturated carbocycles. The molecule has 1 saturated heterocycles. The number of piperazine rings is 1. The molecule has 1 aliphatic heterocycles. The van der Waals surface area contributed by atoms with Gasteiger partial charge in [0.05, 0.1) is 31.1 Å². The second-order valence-electron chi connectivity index (χ2n) is 6.70. The van der Waals surface area contributed by atoms with Crippen LogP contribution in [0.15, 0.2) is 53.4 Å². The van der Waals surface area contributed by atoms with E-state index in [4.69, 9.17) is 0 Å². The molecule has 27 heavy (non-hydrogen) atoms. The van der Waals surface area contributed by atoms with Crippen LogP contribution in [0.25, 0.3) is 0 Å². The van der Waals surface area contributed by atoms with Gasteiger partial charge in [-0.3, -0.25) is 4.79 Å². The van der Waals surface area contributed by atoms with Crippen molar-refractivity contribution < 1.29 is 22.5 Å². The first-order chi connectivity index (χ1) is 12.8. The van der Waals surface area contributed by atoms with E-state index in [0.29, 0.717) is 26.2 Å². The second-order valence-corrected chi connectivity index (χ2v) is 8.64. The molecule has 0 bridgehead atoms. The van der Waals surface area contributed by atoms with Crippen LogP contribution in [-0.2, 0) is 14.8 Å². The van der Waals surface area contributed by atoms with Crippen molar-refractivity contribution in [1.82, 2.24) is 4.31 Å². The van der Waals surface area contributed by atoms with Crippen LogP contribution >= 0.6 is 0 Å². The van der Waals surface area contributed by atoms with Crippen LogP contribution in [0.5, 0.6) is 0 Å². The number of carbonyl (C=O) groups is 1. The Labute approximate surface area is 158 Å². The summed E-state index contributed by atoms with van der Waals surface area (Å²) in [7, 11) is -3.63. The minimum atomic E-state index is -3.63. The predicted molar refractivity (Wildman–Crippen MR) is 101 cm³/mol. The minimum absolute atomic E-state index is 0.0875. The van der Waals surface area contributed by atoms with Gasteiger partial charge in [-0.05, 0) is 43.3 Å². The molecule has 6 nitrogen and oxygen atoms in total. The van der Waals surface area contributed by atoms with Gasteiger partial charge >= 0.3 is 0 Å². The smallest absolute Gasteiger partial charge is 0.279 e. The molecule has 1 amide bonds. The summed E-state index contributed by atoms with van der Waals surface area (Å²) in [4.78, 5) is 13.3. The number of quaternary nitrogens is 1. The average Bonchev–Trinajstić information content (AvgIpc) is 2.64. The molecule has 1 heterocycles. The molecule has 0 aromatic heterocycles. The van der Waals surface area contributed by atoms with Gasteiger partial charge in [0.1, 0.15) is 5.82 Å². The average molecular weight is 392 g/mol. The molecule has 8 heteroatoms. The van der Waals surface area contributed by atoms with E-state index >= 15 is 0 Å². The van der Waals surface area contributed by atoms with Crippen LogP contribution < -0.4 is 10.2 Å². The van der Waals surface area contributed by atoms with E-state index in [9.17, 15) is 17.6 Å². The summed E-state index contributed by atoms with van der Waals surface area (Å²) in [5, 5.41) is 2.86. The summed E-state index contributed by atoms with van der Waals surface area (Å²) < 4.78 is 39.6. The van der Waals surface area contributed by atoms with E-state index in [1.165, 1.54) is 16.4 Å². The third-order valence-corrected chi connectivity index (χ3v) is 6.54. The largest absolute Gasteiger partial charge is 0.325 e. The summed E-state index contributed by atoms with van der Waals surface area (Å²) in [5.41, 5.74) is 1.87. The summed E-state index contributed by atoms with van der Waals surface area (Å²) in [6.07, 6.45) is 0. The number of amides is 1. The fourth-order valence-electron chi connectivity index (χ4n) is 3.04. The fraction of sp³-hybridized carbons (Fsp3) is 0.316. The molecule has 0 unspecified atom stereocenters. The summed E-state index contributed by atoms with van der Waals surface area (Å²) >= 11 is 0. The highest BCUT2D eigenvalue weighted by molar-refractivity contribution is 7.89. The van der Waals surface area contributed by atoms with Crippen molar-refractivity contribution in [2.24, 2.45) is 0 Å². The van der Waals surface area contributed by atoms with Gasteiger partial charge in [-0.2, -0.15) is 4.31 Å². The molecular weight excluding hydrogens is 369 g/mol. The maximum Gasteiger partial charge on any atom is 0.279 e. The number of nitrogens with one attached hydrogen (secondary N) is 2. The van der Waals surface area contributed by atoms with Crippen LogP contribution in [0.1, 0.15) is 5.56 Å². The van der Waals surface area contributed by atoms with Crippen LogP contribution in [0, 0.1) is 12.7 Å². The van der Waals surface area contributed by atoms with Gasteiger partial charge in [0.15, 0.2) is 6.54 Å². The normalized spacial score (nSPS) is 16.2. The fourth-order valence-corrected chi connectivity index (χ4v) is 4.49. The van der Waals surface area contributed by atoms with Crippen LogP contribution in [0.2, 0.25) is 0 Å². The molecule has 2 aromatic carbocycles. The Hall–Kier alpha value is -2.29. The van der Waals surface area contributed by atoms with Crippen LogP contribution in [-0.4, -0.2) is 51.4 Å². The minimum Gasteiger partial charge on any atom is -0.325 e. The number of carbonyl (C=O) groups excluding carboxylic acids is 1. The first-order valence-corrected chi connectivity index (χ1v) is 10.2. The van der Waals surface area contributed by atoms with Crippen molar-refractivity contribution >= 4 is 21.6 Å². The molecule has 3 rings (SSSR count). The topological polar surface area (TPSA) is 70.9 Å². The van der Waals surface area contributed by atoms with Crippen molar-refractivity contribution in [2.75, 3.05) is 38.0 Å². The number of aryl methyl sites for hydroxylation is 1. The van der Waals surface area contributed by atoms with Crippen molar-refractivity contribution in [1.29, 1.82) is 0 Å². The summed E-state index contributed by atoms with van der Waals surface area (Å²) in [5.74, 6) is -0.563. The molecule has 0 radical (unpaired) electrons. The maximum absolute atomic E-state index is 13.0. The predicted octanol–water partition coefficient (Wildman–Crippen LogP) is 0.662. The van der Waals surface area contributed by atoms with Crippen molar-refractivity contribution in [2.45, 2.75) is 11.8 Å². The molecule has 0 spiro atoms. The number of sulfonamides is 1. The Morgan fingerprint density at radius 3 is 2.26 bits per heavy atom. The maximum atomic E-state index is 13.0. The Bertz CT molecular complexity index is 891. The Morgan fingerprint density at radius 1 is 1.07 bits per heavy atom. The first kappa shape index (κ1) is 19.5. The molecule has 2 aromatic rings. The van der Waals surface area contributed by atoms with Gasteiger partial charge in [0.25, 0.3) is 5.91 Å². The molecule has 144 valence electrons. The van der Waals surface area contributed by atoms with E-state index in [0.717, 1.165) is 28.3 Å². The van der Waals surface area contributed by atoms with Gasteiger partial charge < -0.3 is 10.2 Å². The molecular formula is C19H23FN3O3S+. The third kappa shape index (κ3) is 4.91. The van der Waals surface area contributed by atoms with Gasteiger partial charge in [0, 0.05) is 5.69 Å². The van der Waals surface area contributed by atoms with E-state index in [1.54, 1.807) is 0 Å². The SMILES string of the molecule is Cc1ccc(NC(=O)C[NH+]2CCN(S(=O)(=O)c3ccc(F)cc3)CC2)cc1. The van der Waals surface area contributed by atoms with Crippen LogP contribution in [0.3, 0.4) is 0 Å². The quantitative estimate of drug-likeness (QED) is 0.786. The molecule has 0 atom stereocenters. The van der Waals surface area contributed by atoms with Gasteiger partial charge in [0.2, 0.25) is 10.0 Å². The Balaban J connectivity index is 1.53. The number of hydrogen-bond acceptors (Lipinski definition) is 3. The van der Waals surface area contributed by atoms with Crippen molar-refractivity contribution in [3.63, 3.8) is 0 Å². The molecule has 2 N–H and O–H groups in total. The molecule has 1 aliphatic rings.